The lowest BCUT2D eigenvalue weighted by molar-refractivity contribution is -0.136. The summed E-state index contributed by atoms with van der Waals surface area (Å²) in [5, 5.41) is 0. The van der Waals surface area contributed by atoms with Crippen molar-refractivity contribution in [1.82, 2.24) is 0 Å². The Hall–Kier alpha value is -3.00. The summed E-state index contributed by atoms with van der Waals surface area (Å²) in [6.45, 7) is 13.2. The zero-order valence-electron chi connectivity index (χ0n) is 27.8. The van der Waals surface area contributed by atoms with Gasteiger partial charge in [-0.25, -0.2) is 0 Å². The molecule has 0 amide bonds. The molecule has 0 aliphatic rings. The largest absolute Gasteiger partial charge is 0.299 e. The van der Waals surface area contributed by atoms with E-state index in [4.69, 9.17) is 0 Å². The first-order valence-electron chi connectivity index (χ1n) is 16.7. The van der Waals surface area contributed by atoms with Crippen LogP contribution in [0.2, 0.25) is 0 Å². The average Bonchev–Trinajstić information content (AvgIpc) is 3.01. The lowest BCUT2D eigenvalue weighted by Gasteiger charge is -2.58. The van der Waals surface area contributed by atoms with Crippen LogP contribution in [0.25, 0.3) is 0 Å². The molecule has 0 aliphatic heterocycles. The highest BCUT2D eigenvalue weighted by Gasteiger charge is 2.63. The van der Waals surface area contributed by atoms with Gasteiger partial charge in [0, 0.05) is 29.2 Å². The fraction of sp³-hybridized carbons (Fsp3) is 0.488. The number of ketones is 2. The molecular formula is C41H55O2. The molecule has 0 unspecified atom stereocenters. The molecular weight excluding hydrogens is 524 g/mol. The summed E-state index contributed by atoms with van der Waals surface area (Å²) in [6.07, 6.45) is 11.6. The maximum atomic E-state index is 15.1. The number of hydrogen-bond acceptors (Lipinski definition) is 2. The molecule has 43 heavy (non-hydrogen) atoms. The van der Waals surface area contributed by atoms with E-state index in [9.17, 15) is 4.79 Å². The van der Waals surface area contributed by atoms with E-state index in [1.54, 1.807) is 0 Å². The van der Waals surface area contributed by atoms with E-state index in [-0.39, 0.29) is 18.0 Å². The monoisotopic (exact) mass is 579 g/mol. The quantitative estimate of drug-likeness (QED) is 0.105. The van der Waals surface area contributed by atoms with Gasteiger partial charge in [-0.2, -0.15) is 0 Å². The second-order valence-corrected chi connectivity index (χ2v) is 13.5. The number of carbonyl (C=O) groups excluding carboxylic acids is 2. The lowest BCUT2D eigenvalue weighted by atomic mass is 9.42. The van der Waals surface area contributed by atoms with Crippen LogP contribution < -0.4 is 0 Å². The molecule has 0 aromatic heterocycles. The van der Waals surface area contributed by atoms with Crippen LogP contribution in [0.4, 0.5) is 0 Å². The Morgan fingerprint density at radius 2 is 0.953 bits per heavy atom. The number of carbonyl (C=O) groups is 2. The zero-order valence-corrected chi connectivity index (χ0v) is 27.8. The minimum atomic E-state index is -0.923. The Morgan fingerprint density at radius 3 is 1.40 bits per heavy atom. The van der Waals surface area contributed by atoms with E-state index in [1.165, 1.54) is 44.9 Å². The molecule has 0 atom stereocenters. The fourth-order valence-corrected chi connectivity index (χ4v) is 7.81. The summed E-state index contributed by atoms with van der Waals surface area (Å²) in [6, 6.07) is 30.4. The van der Waals surface area contributed by atoms with E-state index in [2.05, 4.69) is 90.1 Å². The van der Waals surface area contributed by atoms with Crippen LogP contribution in [0.5, 0.6) is 0 Å². The Bertz CT molecular complexity index is 1190. The second-order valence-electron chi connectivity index (χ2n) is 13.5. The Labute approximate surface area is 262 Å². The molecule has 0 spiro atoms. The first-order valence-corrected chi connectivity index (χ1v) is 16.7. The molecule has 0 N–H and O–H groups in total. The van der Waals surface area contributed by atoms with Crippen LogP contribution in [-0.4, -0.2) is 11.6 Å². The van der Waals surface area contributed by atoms with E-state index >= 15 is 4.79 Å². The van der Waals surface area contributed by atoms with Gasteiger partial charge in [0.05, 0.1) is 5.41 Å². The van der Waals surface area contributed by atoms with Gasteiger partial charge in [-0.05, 0) is 23.5 Å². The van der Waals surface area contributed by atoms with Crippen LogP contribution in [-0.2, 0) is 15.6 Å². The van der Waals surface area contributed by atoms with Crippen molar-refractivity contribution in [3.63, 3.8) is 0 Å². The van der Waals surface area contributed by atoms with Gasteiger partial charge >= 0.3 is 0 Å². The normalized spacial score (nSPS) is 12.4. The maximum Gasteiger partial charge on any atom is 0.163 e. The van der Waals surface area contributed by atoms with Crippen LogP contribution in [0.15, 0.2) is 91.0 Å². The summed E-state index contributed by atoms with van der Waals surface area (Å²) in [5.41, 5.74) is 0.845. The van der Waals surface area contributed by atoms with Gasteiger partial charge in [-0.1, -0.05) is 184 Å². The highest BCUT2D eigenvalue weighted by atomic mass is 16.1. The zero-order chi connectivity index (χ0) is 31.3. The van der Waals surface area contributed by atoms with E-state index in [0.717, 1.165) is 29.9 Å². The fourth-order valence-electron chi connectivity index (χ4n) is 7.81. The minimum Gasteiger partial charge on any atom is -0.299 e. The van der Waals surface area contributed by atoms with Gasteiger partial charge in [-0.3, -0.25) is 9.59 Å². The SMILES string of the molecule is CCCCCCCCCCCC(=O)C([C](C)CC(=O)c1ccccc1)(C(C)(C)c1ccccc1)C(C)(C)c1ccccc1. The molecule has 231 valence electrons. The maximum absolute atomic E-state index is 15.1. The molecule has 0 saturated heterocycles. The molecule has 3 aromatic rings. The third kappa shape index (κ3) is 7.94. The predicted octanol–water partition coefficient (Wildman–Crippen LogP) is 11.3. The van der Waals surface area contributed by atoms with Crippen LogP contribution in [0.1, 0.15) is 134 Å². The molecule has 3 rings (SSSR count). The summed E-state index contributed by atoms with van der Waals surface area (Å²) >= 11 is 0. The van der Waals surface area contributed by atoms with Gasteiger partial charge in [-0.15, -0.1) is 0 Å². The molecule has 3 aromatic carbocycles. The van der Waals surface area contributed by atoms with Crippen LogP contribution >= 0.6 is 0 Å². The van der Waals surface area contributed by atoms with E-state index < -0.39 is 16.2 Å². The van der Waals surface area contributed by atoms with Crippen molar-refractivity contribution in [3.05, 3.63) is 114 Å². The predicted molar refractivity (Wildman–Crippen MR) is 183 cm³/mol. The van der Waals surface area contributed by atoms with Gasteiger partial charge in [0.25, 0.3) is 0 Å². The van der Waals surface area contributed by atoms with Crippen molar-refractivity contribution in [2.24, 2.45) is 5.41 Å². The highest BCUT2D eigenvalue weighted by Crippen LogP contribution is 2.61. The number of hydrogen-bond donors (Lipinski definition) is 0. The molecule has 0 fully saturated rings. The molecule has 0 saturated carbocycles. The summed E-state index contributed by atoms with van der Waals surface area (Å²) < 4.78 is 0. The lowest BCUT2D eigenvalue weighted by Crippen LogP contribution is -2.61. The summed E-state index contributed by atoms with van der Waals surface area (Å²) in [5.74, 6) is 1.26. The highest BCUT2D eigenvalue weighted by molar-refractivity contribution is 5.99. The van der Waals surface area contributed by atoms with Gasteiger partial charge in [0.2, 0.25) is 0 Å². The first kappa shape index (κ1) is 34.5. The van der Waals surface area contributed by atoms with Crippen molar-refractivity contribution in [1.29, 1.82) is 0 Å². The topological polar surface area (TPSA) is 34.1 Å². The number of benzene rings is 3. The average molecular weight is 580 g/mol. The van der Waals surface area contributed by atoms with Gasteiger partial charge in [0.1, 0.15) is 5.78 Å². The van der Waals surface area contributed by atoms with E-state index in [1.807, 2.05) is 42.5 Å². The van der Waals surface area contributed by atoms with Crippen molar-refractivity contribution < 1.29 is 9.59 Å². The number of unbranched alkanes of at least 4 members (excludes halogenated alkanes) is 8. The summed E-state index contributed by atoms with van der Waals surface area (Å²) in [7, 11) is 0. The van der Waals surface area contributed by atoms with Crippen LogP contribution in [0, 0.1) is 11.3 Å². The number of Topliss-reactive ketones (excluding diaryl/α,β-unsaturated/α-hetero) is 2. The minimum absolute atomic E-state index is 0.0612. The van der Waals surface area contributed by atoms with Crippen LogP contribution in [0.3, 0.4) is 0 Å². The third-order valence-electron chi connectivity index (χ3n) is 9.95. The van der Waals surface area contributed by atoms with Crippen molar-refractivity contribution >= 4 is 11.6 Å². The first-order chi connectivity index (χ1) is 20.6. The van der Waals surface area contributed by atoms with Gasteiger partial charge in [0.15, 0.2) is 5.78 Å². The standard InChI is InChI=1S/C41H55O2/c1-7-8-9-10-11-12-13-14-24-31-38(43)41(39(3,4)35-27-20-16-21-28-35,40(5,6)36-29-22-17-23-30-36)33(2)32-37(42)34-25-18-15-19-26-34/h15-23,25-30H,7-14,24,31-32H2,1-6H3. The molecule has 0 bridgehead atoms. The van der Waals surface area contributed by atoms with Gasteiger partial charge < -0.3 is 0 Å². The smallest absolute Gasteiger partial charge is 0.163 e. The Morgan fingerprint density at radius 1 is 0.558 bits per heavy atom. The van der Waals surface area contributed by atoms with Crippen molar-refractivity contribution in [2.75, 3.05) is 0 Å². The van der Waals surface area contributed by atoms with E-state index in [0.29, 0.717) is 12.0 Å². The summed E-state index contributed by atoms with van der Waals surface area (Å²) in [4.78, 5) is 28.9. The molecule has 1 radical (unpaired) electrons. The van der Waals surface area contributed by atoms with Crippen molar-refractivity contribution in [3.8, 4) is 0 Å². The molecule has 0 aliphatic carbocycles. The second kappa shape index (κ2) is 16.2. The molecule has 0 heterocycles. The Kier molecular flexibility index (Phi) is 13.0. The number of rotatable bonds is 19. The molecule has 2 heteroatoms. The molecule has 2 nitrogen and oxygen atoms in total. The third-order valence-corrected chi connectivity index (χ3v) is 9.95. The van der Waals surface area contributed by atoms with Crippen molar-refractivity contribution in [2.45, 2.75) is 123 Å². The Balaban J connectivity index is 2.03.